The van der Waals surface area contributed by atoms with Crippen LogP contribution in [0.4, 0.5) is 5.69 Å². The average Bonchev–Trinajstić information content (AvgIpc) is 2.49. The maximum absolute atomic E-state index is 3.49. The average molecular weight is 238 g/mol. The van der Waals surface area contributed by atoms with Crippen LogP contribution in [0.25, 0.3) is 0 Å². The molecule has 0 aliphatic carbocycles. The van der Waals surface area contributed by atoms with Crippen LogP contribution in [0.2, 0.25) is 0 Å². The summed E-state index contributed by atoms with van der Waals surface area (Å²) in [7, 11) is 0. The van der Waals surface area contributed by atoms with Crippen molar-refractivity contribution in [2.45, 2.75) is 6.04 Å². The van der Waals surface area contributed by atoms with Gasteiger partial charge in [-0.2, -0.15) is 0 Å². The fourth-order valence-corrected chi connectivity index (χ4v) is 2.61. The minimum absolute atomic E-state index is 0.433. The van der Waals surface area contributed by atoms with Gasteiger partial charge in [-0.25, -0.2) is 0 Å². The van der Waals surface area contributed by atoms with Gasteiger partial charge < -0.3 is 10.2 Å². The Hall–Kier alpha value is -1.80. The molecular formula is C16H18N2. The lowest BCUT2D eigenvalue weighted by atomic mass is 10.0. The highest BCUT2D eigenvalue weighted by Crippen LogP contribution is 2.27. The Kier molecular flexibility index (Phi) is 3.29. The molecule has 2 nitrogen and oxygen atoms in total. The molecule has 0 aromatic heterocycles. The molecule has 92 valence electrons. The molecule has 2 aromatic carbocycles. The lowest BCUT2D eigenvalue weighted by molar-refractivity contribution is 0.490. The minimum Gasteiger partial charge on any atom is -0.362 e. The van der Waals surface area contributed by atoms with Crippen molar-refractivity contribution in [1.29, 1.82) is 0 Å². The van der Waals surface area contributed by atoms with Gasteiger partial charge in [0.05, 0.1) is 6.04 Å². The highest BCUT2D eigenvalue weighted by molar-refractivity contribution is 5.49. The van der Waals surface area contributed by atoms with E-state index in [0.29, 0.717) is 6.04 Å². The van der Waals surface area contributed by atoms with Gasteiger partial charge in [0.25, 0.3) is 0 Å². The van der Waals surface area contributed by atoms with Crippen molar-refractivity contribution in [3.05, 3.63) is 66.2 Å². The van der Waals surface area contributed by atoms with Crippen molar-refractivity contribution in [2.75, 3.05) is 24.5 Å². The number of rotatable bonds is 2. The van der Waals surface area contributed by atoms with Gasteiger partial charge in [-0.15, -0.1) is 0 Å². The molecule has 0 unspecified atom stereocenters. The van der Waals surface area contributed by atoms with E-state index in [1.807, 2.05) is 0 Å². The van der Waals surface area contributed by atoms with Crippen LogP contribution in [0.1, 0.15) is 11.6 Å². The predicted molar refractivity (Wildman–Crippen MR) is 75.8 cm³/mol. The number of anilines is 1. The summed E-state index contributed by atoms with van der Waals surface area (Å²) in [5, 5.41) is 3.49. The molecule has 0 radical (unpaired) electrons. The molecule has 0 amide bonds. The number of nitrogens with zero attached hydrogens (tertiary/aromatic N) is 1. The van der Waals surface area contributed by atoms with E-state index >= 15 is 0 Å². The van der Waals surface area contributed by atoms with Crippen molar-refractivity contribution in [1.82, 2.24) is 5.32 Å². The lowest BCUT2D eigenvalue weighted by Gasteiger charge is -2.38. The zero-order valence-corrected chi connectivity index (χ0v) is 10.4. The number of hydrogen-bond donors (Lipinski definition) is 1. The molecular weight excluding hydrogens is 220 g/mol. The summed E-state index contributed by atoms with van der Waals surface area (Å²) in [4.78, 5) is 2.49. The van der Waals surface area contributed by atoms with Gasteiger partial charge in [-0.3, -0.25) is 0 Å². The normalized spacial score (nSPS) is 19.8. The topological polar surface area (TPSA) is 15.3 Å². The molecule has 2 aromatic rings. The first kappa shape index (κ1) is 11.3. The molecule has 0 bridgehead atoms. The second-order valence-electron chi connectivity index (χ2n) is 4.66. The predicted octanol–water partition coefficient (Wildman–Crippen LogP) is 2.84. The fraction of sp³-hybridized carbons (Fsp3) is 0.250. The van der Waals surface area contributed by atoms with E-state index in [1.54, 1.807) is 0 Å². The number of hydrogen-bond acceptors (Lipinski definition) is 2. The van der Waals surface area contributed by atoms with Gasteiger partial charge in [0, 0.05) is 25.3 Å². The Morgan fingerprint density at radius 1 is 0.889 bits per heavy atom. The first-order chi connectivity index (χ1) is 8.95. The summed E-state index contributed by atoms with van der Waals surface area (Å²) < 4.78 is 0. The van der Waals surface area contributed by atoms with E-state index in [0.717, 1.165) is 19.6 Å². The van der Waals surface area contributed by atoms with Crippen molar-refractivity contribution < 1.29 is 0 Å². The summed E-state index contributed by atoms with van der Waals surface area (Å²) in [6, 6.07) is 21.9. The highest BCUT2D eigenvalue weighted by Gasteiger charge is 2.23. The summed E-state index contributed by atoms with van der Waals surface area (Å²) in [6.45, 7) is 3.13. The SMILES string of the molecule is c1ccc([C@@H]2CNCCN2c2ccccc2)cc1. The molecule has 1 N–H and O–H groups in total. The van der Waals surface area contributed by atoms with Gasteiger partial charge >= 0.3 is 0 Å². The molecule has 2 heteroatoms. The molecule has 1 fully saturated rings. The van der Waals surface area contributed by atoms with Crippen LogP contribution < -0.4 is 10.2 Å². The molecule has 3 rings (SSSR count). The van der Waals surface area contributed by atoms with E-state index in [2.05, 4.69) is 70.9 Å². The zero-order valence-electron chi connectivity index (χ0n) is 10.4. The van der Waals surface area contributed by atoms with Crippen LogP contribution in [0.3, 0.4) is 0 Å². The van der Waals surface area contributed by atoms with Gasteiger partial charge in [0.2, 0.25) is 0 Å². The van der Waals surface area contributed by atoms with Crippen molar-refractivity contribution in [3.8, 4) is 0 Å². The van der Waals surface area contributed by atoms with Crippen LogP contribution in [-0.2, 0) is 0 Å². The van der Waals surface area contributed by atoms with Gasteiger partial charge in [-0.1, -0.05) is 48.5 Å². The van der Waals surface area contributed by atoms with Crippen LogP contribution in [-0.4, -0.2) is 19.6 Å². The molecule has 1 atom stereocenters. The van der Waals surface area contributed by atoms with Gasteiger partial charge in [0.15, 0.2) is 0 Å². The first-order valence-electron chi connectivity index (χ1n) is 6.52. The molecule has 0 saturated carbocycles. The summed E-state index contributed by atoms with van der Waals surface area (Å²) in [5.74, 6) is 0. The molecule has 1 heterocycles. The first-order valence-corrected chi connectivity index (χ1v) is 6.52. The molecule has 1 saturated heterocycles. The van der Waals surface area contributed by atoms with E-state index in [4.69, 9.17) is 0 Å². The van der Waals surface area contributed by atoms with E-state index in [9.17, 15) is 0 Å². The molecule has 1 aliphatic rings. The Balaban J connectivity index is 1.92. The van der Waals surface area contributed by atoms with Crippen molar-refractivity contribution >= 4 is 5.69 Å². The number of benzene rings is 2. The quantitative estimate of drug-likeness (QED) is 0.865. The Bertz CT molecular complexity index is 433. The van der Waals surface area contributed by atoms with Crippen LogP contribution >= 0.6 is 0 Å². The van der Waals surface area contributed by atoms with E-state index in [-0.39, 0.29) is 0 Å². The summed E-state index contributed by atoms with van der Waals surface area (Å²) >= 11 is 0. The largest absolute Gasteiger partial charge is 0.362 e. The minimum atomic E-state index is 0.433. The highest BCUT2D eigenvalue weighted by atomic mass is 15.2. The third-order valence-corrected chi connectivity index (χ3v) is 3.52. The molecule has 1 aliphatic heterocycles. The van der Waals surface area contributed by atoms with Crippen molar-refractivity contribution in [3.63, 3.8) is 0 Å². The van der Waals surface area contributed by atoms with Gasteiger partial charge in [0.1, 0.15) is 0 Å². The molecule has 18 heavy (non-hydrogen) atoms. The van der Waals surface area contributed by atoms with E-state index < -0.39 is 0 Å². The van der Waals surface area contributed by atoms with Crippen LogP contribution in [0, 0.1) is 0 Å². The maximum atomic E-state index is 3.49. The van der Waals surface area contributed by atoms with Crippen LogP contribution in [0.15, 0.2) is 60.7 Å². The van der Waals surface area contributed by atoms with Crippen molar-refractivity contribution in [2.24, 2.45) is 0 Å². The number of nitrogens with one attached hydrogen (secondary N) is 1. The number of piperazine rings is 1. The molecule has 0 spiro atoms. The van der Waals surface area contributed by atoms with E-state index in [1.165, 1.54) is 11.3 Å². The fourth-order valence-electron chi connectivity index (χ4n) is 2.61. The Morgan fingerprint density at radius 2 is 1.56 bits per heavy atom. The van der Waals surface area contributed by atoms with Gasteiger partial charge in [-0.05, 0) is 17.7 Å². The second-order valence-corrected chi connectivity index (χ2v) is 4.66. The Labute approximate surface area is 108 Å². The van der Waals surface area contributed by atoms with Crippen LogP contribution in [0.5, 0.6) is 0 Å². The Morgan fingerprint density at radius 3 is 2.28 bits per heavy atom. The zero-order chi connectivity index (χ0) is 12.2. The third kappa shape index (κ3) is 2.24. The standard InChI is InChI=1S/C16H18N2/c1-3-7-14(8-4-1)16-13-17-11-12-18(16)15-9-5-2-6-10-15/h1-10,16-17H,11-13H2/t16-/m0/s1. The third-order valence-electron chi connectivity index (χ3n) is 3.52. The second kappa shape index (κ2) is 5.23. The summed E-state index contributed by atoms with van der Waals surface area (Å²) in [5.41, 5.74) is 2.70. The lowest BCUT2D eigenvalue weighted by Crippen LogP contribution is -2.46. The number of para-hydroxylation sites is 1. The maximum Gasteiger partial charge on any atom is 0.0667 e. The monoisotopic (exact) mass is 238 g/mol. The summed E-state index contributed by atoms with van der Waals surface area (Å²) in [6.07, 6.45) is 0. The smallest absolute Gasteiger partial charge is 0.0667 e.